The minimum absolute atomic E-state index is 0.111. The van der Waals surface area contributed by atoms with Crippen LogP contribution in [0, 0.1) is 17.0 Å². The molecule has 43 heavy (non-hydrogen) atoms. The lowest BCUT2D eigenvalue weighted by atomic mass is 9.98. The Morgan fingerprint density at radius 2 is 1.33 bits per heavy atom. The van der Waals surface area contributed by atoms with Crippen molar-refractivity contribution in [3.63, 3.8) is 0 Å². The predicted octanol–water partition coefficient (Wildman–Crippen LogP) is 7.84. The Hall–Kier alpha value is -5.43. The number of nitrogens with zero attached hydrogens (tertiary/aromatic N) is 3. The van der Waals surface area contributed by atoms with E-state index in [2.05, 4.69) is 36.1 Å². The van der Waals surface area contributed by atoms with E-state index in [0.29, 0.717) is 30.9 Å². The van der Waals surface area contributed by atoms with E-state index in [-0.39, 0.29) is 11.6 Å². The molecule has 0 N–H and O–H groups in total. The molecule has 0 unspecified atom stereocenters. The van der Waals surface area contributed by atoms with E-state index in [9.17, 15) is 14.9 Å². The first-order valence-corrected chi connectivity index (χ1v) is 14.2. The van der Waals surface area contributed by atoms with E-state index >= 15 is 0 Å². The van der Waals surface area contributed by atoms with Crippen molar-refractivity contribution in [2.24, 2.45) is 0 Å². The second-order valence-corrected chi connectivity index (χ2v) is 10.7. The van der Waals surface area contributed by atoms with Gasteiger partial charge in [-0.1, -0.05) is 103 Å². The standard InChI is InChI=1S/C36H31N3O4/c1-26-12-14-29(15-13-26)25-43-32-19-16-30(17-20-32)35-37(23-27-8-4-2-5-9-27)34-21-18-31(39(41)42)22-33(34)36(40)38(35)24-28-10-6-3-7-11-28/h2-22,35H,23-25H2,1H3/t35-/m0/s1. The summed E-state index contributed by atoms with van der Waals surface area (Å²) in [5, 5.41) is 11.7. The number of carbonyl (C=O) groups excluding carboxylic acids is 1. The molecule has 6 rings (SSSR count). The van der Waals surface area contributed by atoms with E-state index in [1.807, 2.05) is 84.9 Å². The average Bonchev–Trinajstić information content (AvgIpc) is 3.04. The molecule has 5 aromatic rings. The number of hydrogen-bond acceptors (Lipinski definition) is 5. The maximum absolute atomic E-state index is 14.2. The van der Waals surface area contributed by atoms with Crippen molar-refractivity contribution in [3.05, 3.63) is 171 Å². The van der Waals surface area contributed by atoms with Gasteiger partial charge < -0.3 is 14.5 Å². The first-order chi connectivity index (χ1) is 21.0. The normalized spacial score (nSPS) is 14.3. The van der Waals surface area contributed by atoms with Gasteiger partial charge in [0, 0.05) is 25.2 Å². The van der Waals surface area contributed by atoms with Crippen LogP contribution in [0.4, 0.5) is 11.4 Å². The lowest BCUT2D eigenvalue weighted by Gasteiger charge is -2.46. The molecule has 1 heterocycles. The Bertz CT molecular complexity index is 1720. The summed E-state index contributed by atoms with van der Waals surface area (Å²) in [6.07, 6.45) is -0.465. The van der Waals surface area contributed by atoms with E-state index in [4.69, 9.17) is 4.74 Å². The highest BCUT2D eigenvalue weighted by molar-refractivity contribution is 6.02. The molecule has 0 radical (unpaired) electrons. The zero-order valence-electron chi connectivity index (χ0n) is 23.8. The number of anilines is 1. The van der Waals surface area contributed by atoms with Gasteiger partial charge in [0.15, 0.2) is 0 Å². The van der Waals surface area contributed by atoms with Gasteiger partial charge >= 0.3 is 0 Å². The largest absolute Gasteiger partial charge is 0.489 e. The number of carbonyl (C=O) groups is 1. The quantitative estimate of drug-likeness (QED) is 0.134. The second kappa shape index (κ2) is 12.2. The van der Waals surface area contributed by atoms with Crippen LogP contribution in [0.2, 0.25) is 0 Å². The summed E-state index contributed by atoms with van der Waals surface area (Å²) in [6.45, 7) is 3.35. The van der Waals surface area contributed by atoms with Crippen LogP contribution in [0.1, 0.15) is 44.3 Å². The molecule has 0 aromatic heterocycles. The number of hydrogen-bond donors (Lipinski definition) is 0. The lowest BCUT2D eigenvalue weighted by molar-refractivity contribution is -0.384. The molecule has 0 saturated carbocycles. The summed E-state index contributed by atoms with van der Waals surface area (Å²) in [5.41, 5.74) is 6.08. The Labute approximate surface area is 250 Å². The van der Waals surface area contributed by atoms with E-state index < -0.39 is 11.1 Å². The third kappa shape index (κ3) is 6.11. The highest BCUT2D eigenvalue weighted by atomic mass is 16.6. The van der Waals surface area contributed by atoms with Gasteiger partial charge in [0.2, 0.25) is 0 Å². The van der Waals surface area contributed by atoms with Crippen LogP contribution in [-0.4, -0.2) is 15.7 Å². The molecule has 7 heteroatoms. The number of nitro benzene ring substituents is 1. The minimum Gasteiger partial charge on any atom is -0.489 e. The van der Waals surface area contributed by atoms with Gasteiger partial charge in [-0.2, -0.15) is 0 Å². The molecular weight excluding hydrogens is 538 g/mol. The monoisotopic (exact) mass is 569 g/mol. The van der Waals surface area contributed by atoms with E-state index in [1.165, 1.54) is 17.7 Å². The fourth-order valence-corrected chi connectivity index (χ4v) is 5.46. The van der Waals surface area contributed by atoms with Crippen molar-refractivity contribution in [1.29, 1.82) is 0 Å². The third-order valence-electron chi connectivity index (χ3n) is 7.68. The molecule has 0 saturated heterocycles. The van der Waals surface area contributed by atoms with Crippen LogP contribution < -0.4 is 9.64 Å². The molecule has 7 nitrogen and oxygen atoms in total. The van der Waals surface area contributed by atoms with Crippen molar-refractivity contribution in [3.8, 4) is 5.75 Å². The molecule has 1 amide bonds. The van der Waals surface area contributed by atoms with Crippen LogP contribution >= 0.6 is 0 Å². The van der Waals surface area contributed by atoms with Crippen molar-refractivity contribution in [2.45, 2.75) is 32.8 Å². The number of rotatable bonds is 9. The summed E-state index contributed by atoms with van der Waals surface area (Å²) in [5.74, 6) is 0.475. The summed E-state index contributed by atoms with van der Waals surface area (Å²) in [4.78, 5) is 29.3. The minimum atomic E-state index is -0.465. The number of benzene rings is 5. The zero-order chi connectivity index (χ0) is 29.8. The number of ether oxygens (including phenoxy) is 1. The van der Waals surface area contributed by atoms with Crippen molar-refractivity contribution >= 4 is 17.3 Å². The van der Waals surface area contributed by atoms with Crippen molar-refractivity contribution < 1.29 is 14.5 Å². The molecule has 1 aliphatic heterocycles. The van der Waals surface area contributed by atoms with Crippen LogP contribution in [0.3, 0.4) is 0 Å². The lowest BCUT2D eigenvalue weighted by Crippen LogP contribution is -2.48. The molecular formula is C36H31N3O4. The molecule has 214 valence electrons. The molecule has 0 spiro atoms. The summed E-state index contributed by atoms with van der Waals surface area (Å²) >= 11 is 0. The molecule has 0 fully saturated rings. The summed E-state index contributed by atoms with van der Waals surface area (Å²) < 4.78 is 6.07. The second-order valence-electron chi connectivity index (χ2n) is 10.7. The number of amides is 1. The van der Waals surface area contributed by atoms with Gasteiger partial charge in [0.05, 0.1) is 16.2 Å². The fraction of sp³-hybridized carbons (Fsp3) is 0.139. The van der Waals surface area contributed by atoms with Gasteiger partial charge in [0.1, 0.15) is 18.5 Å². The van der Waals surface area contributed by atoms with Gasteiger partial charge in [-0.3, -0.25) is 14.9 Å². The highest BCUT2D eigenvalue weighted by Gasteiger charge is 2.39. The number of nitro groups is 1. The van der Waals surface area contributed by atoms with E-state index in [0.717, 1.165) is 28.0 Å². The maximum atomic E-state index is 14.2. The van der Waals surface area contributed by atoms with Crippen molar-refractivity contribution in [2.75, 3.05) is 4.90 Å². The van der Waals surface area contributed by atoms with Gasteiger partial charge in [-0.15, -0.1) is 0 Å². The fourth-order valence-electron chi connectivity index (χ4n) is 5.46. The summed E-state index contributed by atoms with van der Waals surface area (Å²) in [7, 11) is 0. The van der Waals surface area contributed by atoms with Crippen molar-refractivity contribution in [1.82, 2.24) is 4.90 Å². The molecule has 0 bridgehead atoms. The SMILES string of the molecule is Cc1ccc(COc2ccc([C@@H]3N(Cc4ccccc4)C(=O)c4cc([N+](=O)[O-])ccc4N3Cc3ccccc3)cc2)cc1. The maximum Gasteiger partial charge on any atom is 0.270 e. The predicted molar refractivity (Wildman–Crippen MR) is 167 cm³/mol. The Morgan fingerprint density at radius 1 is 0.721 bits per heavy atom. The number of aryl methyl sites for hydroxylation is 1. The van der Waals surface area contributed by atoms with Crippen LogP contribution in [-0.2, 0) is 19.7 Å². The van der Waals surface area contributed by atoms with Gasteiger partial charge in [-0.05, 0) is 47.4 Å². The highest BCUT2D eigenvalue weighted by Crippen LogP contribution is 2.42. The van der Waals surface area contributed by atoms with Crippen LogP contribution in [0.15, 0.2) is 127 Å². The molecule has 1 aliphatic rings. The molecule has 1 atom stereocenters. The summed E-state index contributed by atoms with van der Waals surface area (Å²) in [6, 6.07) is 40.5. The van der Waals surface area contributed by atoms with Gasteiger partial charge in [-0.25, -0.2) is 0 Å². The van der Waals surface area contributed by atoms with E-state index in [1.54, 1.807) is 11.0 Å². The van der Waals surface area contributed by atoms with Crippen LogP contribution in [0.5, 0.6) is 5.75 Å². The number of non-ortho nitro benzene ring substituents is 1. The Kier molecular flexibility index (Phi) is 7.87. The van der Waals surface area contributed by atoms with Crippen LogP contribution in [0.25, 0.3) is 0 Å². The van der Waals surface area contributed by atoms with Gasteiger partial charge in [0.25, 0.3) is 11.6 Å². The third-order valence-corrected chi connectivity index (χ3v) is 7.68. The smallest absolute Gasteiger partial charge is 0.270 e. The number of fused-ring (bicyclic) bond motifs is 1. The molecule has 5 aromatic carbocycles. The Morgan fingerprint density at radius 3 is 1.93 bits per heavy atom. The molecule has 0 aliphatic carbocycles. The average molecular weight is 570 g/mol. The topological polar surface area (TPSA) is 75.9 Å². The Balaban J connectivity index is 1.40. The first-order valence-electron chi connectivity index (χ1n) is 14.2. The zero-order valence-corrected chi connectivity index (χ0v) is 23.8. The first kappa shape index (κ1) is 27.7.